The number of hydrogen-bond acceptors (Lipinski definition) is 2. The zero-order chi connectivity index (χ0) is 14.4. The zero-order valence-corrected chi connectivity index (χ0v) is 12.2. The first kappa shape index (κ1) is 15.9. The molecule has 0 aliphatic rings. The van der Waals surface area contributed by atoms with Gasteiger partial charge in [0.05, 0.1) is 5.02 Å². The van der Waals surface area contributed by atoms with Gasteiger partial charge >= 0.3 is 0 Å². The van der Waals surface area contributed by atoms with Gasteiger partial charge < -0.3 is 10.6 Å². The molecule has 0 fully saturated rings. The fourth-order valence-corrected chi connectivity index (χ4v) is 1.77. The van der Waals surface area contributed by atoms with Crippen LogP contribution in [0.2, 0.25) is 5.02 Å². The van der Waals surface area contributed by atoms with E-state index in [1.807, 2.05) is 20.8 Å². The smallest absolute Gasteiger partial charge is 0.222 e. The number of rotatable bonds is 6. The lowest BCUT2D eigenvalue weighted by molar-refractivity contribution is -0.123. The highest BCUT2D eigenvalue weighted by atomic mass is 35.5. The predicted molar refractivity (Wildman–Crippen MR) is 75.7 cm³/mol. The van der Waals surface area contributed by atoms with Gasteiger partial charge in [-0.25, -0.2) is 4.39 Å². The average molecular weight is 287 g/mol. The maximum Gasteiger partial charge on any atom is 0.222 e. The van der Waals surface area contributed by atoms with Gasteiger partial charge in [0, 0.05) is 25.0 Å². The Morgan fingerprint density at radius 3 is 2.58 bits per heavy atom. The second-order valence-electron chi connectivity index (χ2n) is 4.80. The van der Waals surface area contributed by atoms with Crippen LogP contribution in [0.1, 0.15) is 32.4 Å². The molecule has 0 saturated carbocycles. The standard InChI is InChI=1S/C14H20ClFN2O/c1-9(2)14(19)18-7-6-17-10(3)11-4-5-13(16)12(15)8-11/h4-5,8-10,17H,6-7H2,1-3H3,(H,18,19). The lowest BCUT2D eigenvalue weighted by Gasteiger charge is -2.15. The molecule has 1 aromatic carbocycles. The van der Waals surface area contributed by atoms with Crippen molar-refractivity contribution in [3.05, 3.63) is 34.6 Å². The Labute approximate surface area is 118 Å². The van der Waals surface area contributed by atoms with Gasteiger partial charge in [0.2, 0.25) is 5.91 Å². The molecule has 0 bridgehead atoms. The van der Waals surface area contributed by atoms with Gasteiger partial charge in [-0.1, -0.05) is 31.5 Å². The van der Waals surface area contributed by atoms with Gasteiger partial charge in [-0.05, 0) is 24.6 Å². The second kappa shape index (κ2) is 7.46. The van der Waals surface area contributed by atoms with Crippen molar-refractivity contribution in [2.24, 2.45) is 5.92 Å². The lowest BCUT2D eigenvalue weighted by Crippen LogP contribution is -2.35. The van der Waals surface area contributed by atoms with Crippen LogP contribution in [0.25, 0.3) is 0 Å². The Morgan fingerprint density at radius 2 is 2.00 bits per heavy atom. The Morgan fingerprint density at radius 1 is 1.32 bits per heavy atom. The molecule has 5 heteroatoms. The summed E-state index contributed by atoms with van der Waals surface area (Å²) in [5.74, 6) is -0.380. The molecular formula is C14H20ClFN2O. The maximum absolute atomic E-state index is 13.0. The van der Waals surface area contributed by atoms with Gasteiger partial charge in [0.1, 0.15) is 5.82 Å². The molecule has 0 saturated heterocycles. The number of carbonyl (C=O) groups excluding carboxylic acids is 1. The lowest BCUT2D eigenvalue weighted by atomic mass is 10.1. The minimum Gasteiger partial charge on any atom is -0.355 e. The highest BCUT2D eigenvalue weighted by Gasteiger charge is 2.08. The molecule has 1 unspecified atom stereocenters. The Balaban J connectivity index is 2.37. The van der Waals surface area contributed by atoms with E-state index >= 15 is 0 Å². The second-order valence-corrected chi connectivity index (χ2v) is 5.20. The fraction of sp³-hybridized carbons (Fsp3) is 0.500. The molecule has 0 heterocycles. The van der Waals surface area contributed by atoms with Crippen LogP contribution >= 0.6 is 11.6 Å². The minimum atomic E-state index is -0.415. The van der Waals surface area contributed by atoms with Crippen molar-refractivity contribution in [1.82, 2.24) is 10.6 Å². The number of carbonyl (C=O) groups is 1. The summed E-state index contributed by atoms with van der Waals surface area (Å²) in [4.78, 5) is 11.3. The third kappa shape index (κ3) is 5.17. The van der Waals surface area contributed by atoms with Gasteiger partial charge in [-0.2, -0.15) is 0 Å². The Hall–Kier alpha value is -1.13. The minimum absolute atomic E-state index is 0.00618. The summed E-state index contributed by atoms with van der Waals surface area (Å²) in [6, 6.07) is 4.72. The molecule has 0 aliphatic carbocycles. The van der Waals surface area contributed by atoms with Crippen molar-refractivity contribution in [1.29, 1.82) is 0 Å². The molecule has 1 atom stereocenters. The SMILES string of the molecule is CC(C)C(=O)NCCNC(C)c1ccc(F)c(Cl)c1. The van der Waals surface area contributed by atoms with Crippen LogP contribution in [-0.4, -0.2) is 19.0 Å². The molecule has 0 radical (unpaired) electrons. The van der Waals surface area contributed by atoms with E-state index in [9.17, 15) is 9.18 Å². The first-order valence-corrected chi connectivity index (χ1v) is 6.75. The average Bonchev–Trinajstić information content (AvgIpc) is 2.37. The van der Waals surface area contributed by atoms with Crippen LogP contribution in [0.5, 0.6) is 0 Å². The number of amides is 1. The molecule has 106 valence electrons. The van der Waals surface area contributed by atoms with Gasteiger partial charge in [-0.15, -0.1) is 0 Å². The van der Waals surface area contributed by atoms with E-state index < -0.39 is 5.82 Å². The summed E-state index contributed by atoms with van der Waals surface area (Å²) in [5.41, 5.74) is 0.918. The molecular weight excluding hydrogens is 267 g/mol. The molecule has 1 amide bonds. The van der Waals surface area contributed by atoms with Crippen molar-refractivity contribution in [2.45, 2.75) is 26.8 Å². The largest absolute Gasteiger partial charge is 0.355 e. The van der Waals surface area contributed by atoms with E-state index in [4.69, 9.17) is 11.6 Å². The number of benzene rings is 1. The van der Waals surface area contributed by atoms with Gasteiger partial charge in [0.25, 0.3) is 0 Å². The molecule has 0 spiro atoms. The summed E-state index contributed by atoms with van der Waals surface area (Å²) in [6.07, 6.45) is 0. The third-order valence-corrected chi connectivity index (χ3v) is 3.13. The Kier molecular flexibility index (Phi) is 6.25. The monoisotopic (exact) mass is 286 g/mol. The topological polar surface area (TPSA) is 41.1 Å². The summed E-state index contributed by atoms with van der Waals surface area (Å²) in [7, 11) is 0. The molecule has 0 aliphatic heterocycles. The van der Waals surface area contributed by atoms with Crippen LogP contribution in [0.15, 0.2) is 18.2 Å². The van der Waals surface area contributed by atoms with Crippen molar-refractivity contribution in [3.63, 3.8) is 0 Å². The maximum atomic E-state index is 13.0. The van der Waals surface area contributed by atoms with Crippen LogP contribution in [0.3, 0.4) is 0 Å². The molecule has 3 nitrogen and oxygen atoms in total. The van der Waals surface area contributed by atoms with E-state index in [2.05, 4.69) is 10.6 Å². The van der Waals surface area contributed by atoms with Crippen molar-refractivity contribution < 1.29 is 9.18 Å². The van der Waals surface area contributed by atoms with Crippen molar-refractivity contribution in [3.8, 4) is 0 Å². The molecule has 2 N–H and O–H groups in total. The van der Waals surface area contributed by atoms with Gasteiger partial charge in [0.15, 0.2) is 0 Å². The van der Waals surface area contributed by atoms with Crippen molar-refractivity contribution in [2.75, 3.05) is 13.1 Å². The fourth-order valence-electron chi connectivity index (χ4n) is 1.58. The quantitative estimate of drug-likeness (QED) is 0.790. The van der Waals surface area contributed by atoms with E-state index in [-0.39, 0.29) is 22.9 Å². The number of halogens is 2. The first-order chi connectivity index (χ1) is 8.91. The van der Waals surface area contributed by atoms with Crippen LogP contribution < -0.4 is 10.6 Å². The summed E-state index contributed by atoms with van der Waals surface area (Å²) in [6.45, 7) is 6.89. The van der Waals surface area contributed by atoms with Crippen molar-refractivity contribution >= 4 is 17.5 Å². The highest BCUT2D eigenvalue weighted by molar-refractivity contribution is 6.30. The molecule has 0 aromatic heterocycles. The summed E-state index contributed by atoms with van der Waals surface area (Å²) in [5, 5.41) is 6.19. The number of hydrogen-bond donors (Lipinski definition) is 2. The molecule has 1 aromatic rings. The van der Waals surface area contributed by atoms with E-state index in [0.29, 0.717) is 13.1 Å². The van der Waals surface area contributed by atoms with Gasteiger partial charge in [-0.3, -0.25) is 4.79 Å². The molecule has 1 rings (SSSR count). The normalized spacial score (nSPS) is 12.5. The third-order valence-electron chi connectivity index (χ3n) is 2.84. The predicted octanol–water partition coefficient (Wildman–Crippen LogP) is 2.90. The van der Waals surface area contributed by atoms with Crippen LogP contribution in [-0.2, 0) is 4.79 Å². The highest BCUT2D eigenvalue weighted by Crippen LogP contribution is 2.20. The number of nitrogens with one attached hydrogen (secondary N) is 2. The van der Waals surface area contributed by atoms with E-state index in [1.54, 1.807) is 12.1 Å². The summed E-state index contributed by atoms with van der Waals surface area (Å²) < 4.78 is 13.0. The summed E-state index contributed by atoms with van der Waals surface area (Å²) >= 11 is 5.74. The Bertz CT molecular complexity index is 437. The van der Waals surface area contributed by atoms with E-state index in [1.165, 1.54) is 6.07 Å². The molecule has 19 heavy (non-hydrogen) atoms. The first-order valence-electron chi connectivity index (χ1n) is 6.38. The van der Waals surface area contributed by atoms with Crippen LogP contribution in [0.4, 0.5) is 4.39 Å². The zero-order valence-electron chi connectivity index (χ0n) is 11.5. The van der Waals surface area contributed by atoms with Crippen LogP contribution in [0, 0.1) is 11.7 Å². The van der Waals surface area contributed by atoms with E-state index in [0.717, 1.165) is 5.56 Å².